The summed E-state index contributed by atoms with van der Waals surface area (Å²) in [6, 6.07) is 8.72. The molecule has 160 valence electrons. The van der Waals surface area contributed by atoms with Gasteiger partial charge in [0.2, 0.25) is 0 Å². The highest BCUT2D eigenvalue weighted by atomic mass is 32.1. The molecule has 0 amide bonds. The highest BCUT2D eigenvalue weighted by molar-refractivity contribution is 7.80. The van der Waals surface area contributed by atoms with Crippen molar-refractivity contribution in [1.82, 2.24) is 10.6 Å². The third-order valence-electron chi connectivity index (χ3n) is 4.47. The first-order chi connectivity index (χ1) is 13.5. The second-order valence-corrected chi connectivity index (χ2v) is 6.85. The summed E-state index contributed by atoms with van der Waals surface area (Å²) in [6.07, 6.45) is 1.69. The van der Waals surface area contributed by atoms with Crippen LogP contribution in [-0.2, 0) is 0 Å². The van der Waals surface area contributed by atoms with E-state index < -0.39 is 0 Å². The highest BCUT2D eigenvalue weighted by Crippen LogP contribution is 2.15. The molecule has 0 spiro atoms. The Hall–Kier alpha value is -1.63. The number of hydrogen-bond donors (Lipinski definition) is 5. The molecule has 0 aliphatic heterocycles. The zero-order chi connectivity index (χ0) is 21.4. The predicted octanol–water partition coefficient (Wildman–Crippen LogP) is 3.03. The lowest BCUT2D eigenvalue weighted by molar-refractivity contribution is 0.638. The number of benzene rings is 1. The second kappa shape index (κ2) is 16.3. The van der Waals surface area contributed by atoms with Crippen LogP contribution in [0.3, 0.4) is 0 Å². The maximum absolute atomic E-state index is 6.11. The van der Waals surface area contributed by atoms with E-state index >= 15 is 0 Å². The molecule has 6 N–H and O–H groups in total. The molecule has 0 aromatic heterocycles. The van der Waals surface area contributed by atoms with Crippen LogP contribution in [-0.4, -0.2) is 45.5 Å². The highest BCUT2D eigenvalue weighted by Gasteiger charge is 2.06. The number of hydrogen-bond acceptors (Lipinski definition) is 6. The van der Waals surface area contributed by atoms with Crippen LogP contribution in [0.2, 0.25) is 0 Å². The Balaban J connectivity index is 0.00000352. The molecule has 1 rings (SSSR count). The van der Waals surface area contributed by atoms with Crippen LogP contribution >= 0.6 is 12.6 Å². The Morgan fingerprint density at radius 3 is 2.29 bits per heavy atom. The van der Waals surface area contributed by atoms with Gasteiger partial charge in [-0.15, -0.1) is 0 Å². The van der Waals surface area contributed by atoms with Crippen molar-refractivity contribution in [2.75, 3.05) is 50.4 Å². The number of nitrogens with one attached hydrogen (secondary N) is 2. The lowest BCUT2D eigenvalue weighted by Crippen LogP contribution is -2.35. The van der Waals surface area contributed by atoms with Gasteiger partial charge in [0.15, 0.2) is 0 Å². The first-order valence-corrected chi connectivity index (χ1v) is 10.8. The number of likely N-dealkylation sites (N-methyl/N-ethyl adjacent to an activating group) is 1. The number of rotatable bonds is 13. The molecular weight excluding hydrogens is 366 g/mol. The van der Waals surface area contributed by atoms with Gasteiger partial charge in [0, 0.05) is 49.8 Å². The minimum Gasteiger partial charge on any atom is -0.402 e. The quantitative estimate of drug-likeness (QED) is 0.197. The smallest absolute Gasteiger partial charge is 0.0366 e. The lowest BCUT2D eigenvalue weighted by atomic mass is 10.1. The van der Waals surface area contributed by atoms with Gasteiger partial charge < -0.3 is 27.0 Å². The maximum atomic E-state index is 6.11. The first-order valence-electron chi connectivity index (χ1n) is 10.1. The zero-order valence-corrected chi connectivity index (χ0v) is 19.1. The summed E-state index contributed by atoms with van der Waals surface area (Å²) >= 11 is 4.25. The van der Waals surface area contributed by atoms with E-state index in [1.165, 1.54) is 18.3 Å². The minimum absolute atomic E-state index is 0.763. The van der Waals surface area contributed by atoms with Gasteiger partial charge in [-0.1, -0.05) is 31.2 Å². The number of allylic oxidation sites excluding steroid dienone is 2. The molecule has 0 saturated carbocycles. The van der Waals surface area contributed by atoms with Crippen LogP contribution in [0.4, 0.5) is 5.69 Å². The summed E-state index contributed by atoms with van der Waals surface area (Å²) in [4.78, 5) is 2.38. The average Bonchev–Trinajstić information content (AvgIpc) is 2.70. The van der Waals surface area contributed by atoms with Gasteiger partial charge in [-0.05, 0) is 57.2 Å². The fourth-order valence-corrected chi connectivity index (χ4v) is 3.12. The lowest BCUT2D eigenvalue weighted by Gasteiger charge is -2.23. The Kier molecular flexibility index (Phi) is 15.4. The van der Waals surface area contributed by atoms with E-state index in [9.17, 15) is 0 Å². The molecule has 0 radical (unpaired) electrons. The number of anilines is 1. The summed E-state index contributed by atoms with van der Waals surface area (Å²) in [7, 11) is 1.50. The monoisotopic (exact) mass is 407 g/mol. The van der Waals surface area contributed by atoms with Crippen LogP contribution in [0.25, 0.3) is 0 Å². The molecule has 0 heterocycles. The van der Waals surface area contributed by atoms with Crippen molar-refractivity contribution in [2.45, 2.75) is 33.6 Å². The first kappa shape index (κ1) is 26.4. The molecule has 0 aliphatic carbocycles. The third kappa shape index (κ3) is 10.1. The molecule has 1 aromatic rings. The Morgan fingerprint density at radius 2 is 1.75 bits per heavy atom. The number of nitrogens with zero attached hydrogens (tertiary/aromatic N) is 1. The van der Waals surface area contributed by atoms with E-state index in [1.54, 1.807) is 0 Å². The summed E-state index contributed by atoms with van der Waals surface area (Å²) in [5.74, 6) is 0.763. The second-order valence-electron chi connectivity index (χ2n) is 6.40. The van der Waals surface area contributed by atoms with E-state index in [-0.39, 0.29) is 0 Å². The molecule has 5 nitrogen and oxygen atoms in total. The molecule has 0 bridgehead atoms. The van der Waals surface area contributed by atoms with Crippen LogP contribution in [0.1, 0.15) is 32.3 Å². The van der Waals surface area contributed by atoms with Crippen LogP contribution in [0.5, 0.6) is 0 Å². The van der Waals surface area contributed by atoms with Crippen LogP contribution in [0, 0.1) is 6.92 Å². The van der Waals surface area contributed by atoms with Gasteiger partial charge in [-0.3, -0.25) is 0 Å². The van der Waals surface area contributed by atoms with Gasteiger partial charge >= 0.3 is 0 Å². The average molecular weight is 408 g/mol. The largest absolute Gasteiger partial charge is 0.402 e. The molecule has 28 heavy (non-hydrogen) atoms. The SMILES string of the molecule is C=C(NCCNCCN(CC)c1ccc(C)cc1)/C(CC)=C(\N)CCS.CN. The van der Waals surface area contributed by atoms with Gasteiger partial charge in [0.25, 0.3) is 0 Å². The normalized spacial score (nSPS) is 11.2. The van der Waals surface area contributed by atoms with Gasteiger partial charge in [0.1, 0.15) is 0 Å². The van der Waals surface area contributed by atoms with Crippen molar-refractivity contribution in [3.63, 3.8) is 0 Å². The zero-order valence-electron chi connectivity index (χ0n) is 18.2. The molecule has 6 heteroatoms. The van der Waals surface area contributed by atoms with Crippen LogP contribution in [0.15, 0.2) is 47.8 Å². The summed E-state index contributed by atoms with van der Waals surface area (Å²) in [5, 5.41) is 6.87. The molecule has 0 saturated heterocycles. The van der Waals surface area contributed by atoms with E-state index in [0.29, 0.717) is 0 Å². The maximum Gasteiger partial charge on any atom is 0.0366 e. The van der Waals surface area contributed by atoms with Crippen molar-refractivity contribution in [2.24, 2.45) is 11.5 Å². The summed E-state index contributed by atoms with van der Waals surface area (Å²) in [5.41, 5.74) is 16.1. The van der Waals surface area contributed by atoms with E-state index in [1.807, 2.05) is 0 Å². The number of thiol groups is 1. The predicted molar refractivity (Wildman–Crippen MR) is 129 cm³/mol. The molecular formula is C22H41N5S. The summed E-state index contributed by atoms with van der Waals surface area (Å²) in [6.45, 7) is 15.2. The number of nitrogens with two attached hydrogens (primary N) is 2. The van der Waals surface area contributed by atoms with Gasteiger partial charge in [-0.2, -0.15) is 12.6 Å². The van der Waals surface area contributed by atoms with Crippen molar-refractivity contribution < 1.29 is 0 Å². The van der Waals surface area contributed by atoms with Crippen molar-refractivity contribution >= 4 is 18.3 Å². The molecule has 0 aliphatic rings. The van der Waals surface area contributed by atoms with Crippen molar-refractivity contribution in [1.29, 1.82) is 0 Å². The summed E-state index contributed by atoms with van der Waals surface area (Å²) < 4.78 is 0. The molecule has 0 fully saturated rings. The molecule has 0 unspecified atom stereocenters. The van der Waals surface area contributed by atoms with Gasteiger partial charge in [-0.25, -0.2) is 0 Å². The number of aryl methyl sites for hydroxylation is 1. The minimum atomic E-state index is 0.763. The molecule has 1 aromatic carbocycles. The third-order valence-corrected chi connectivity index (χ3v) is 4.69. The Bertz CT molecular complexity index is 569. The topological polar surface area (TPSA) is 79.3 Å². The van der Waals surface area contributed by atoms with E-state index in [2.05, 4.69) is 85.5 Å². The van der Waals surface area contributed by atoms with Crippen LogP contribution < -0.4 is 27.0 Å². The standard InChI is InChI=1S/C21H36N4S.CH5N/c1-5-20(21(22)11-16-26)18(4)24-13-12-23-14-15-25(6-2)19-9-7-17(3)8-10-19;1-2/h7-10,23-24,26H,4-6,11-16,22H2,1-3H3;2H2,1H3/b21-20-;. The Labute approximate surface area is 178 Å². The van der Waals surface area contributed by atoms with Gasteiger partial charge in [0.05, 0.1) is 0 Å². The van der Waals surface area contributed by atoms with E-state index in [0.717, 1.165) is 68.3 Å². The Morgan fingerprint density at radius 1 is 1.11 bits per heavy atom. The van der Waals surface area contributed by atoms with Crippen molar-refractivity contribution in [3.05, 3.63) is 53.4 Å². The fourth-order valence-electron chi connectivity index (χ4n) is 2.88. The van der Waals surface area contributed by atoms with Crippen molar-refractivity contribution in [3.8, 4) is 0 Å². The fraction of sp³-hybridized carbons (Fsp3) is 0.545. The molecule has 0 atom stereocenters. The van der Waals surface area contributed by atoms with E-state index in [4.69, 9.17) is 5.73 Å².